The van der Waals surface area contributed by atoms with Crippen LogP contribution in [-0.4, -0.2) is 6.04 Å². The zero-order valence-corrected chi connectivity index (χ0v) is 13.8. The minimum absolute atomic E-state index is 0.142. The highest BCUT2D eigenvalue weighted by Gasteiger charge is 2.19. The predicted molar refractivity (Wildman–Crippen MR) is 87.3 cm³/mol. The summed E-state index contributed by atoms with van der Waals surface area (Å²) in [4.78, 5) is 0. The van der Waals surface area contributed by atoms with Gasteiger partial charge in [-0.15, -0.1) is 0 Å². The molecule has 0 aliphatic rings. The molecular formula is C16H17BrClNO. The lowest BCUT2D eigenvalue weighted by molar-refractivity contribution is 0.179. The van der Waals surface area contributed by atoms with Gasteiger partial charge in [0.2, 0.25) is 0 Å². The summed E-state index contributed by atoms with van der Waals surface area (Å²) in [6, 6.07) is 13.4. The van der Waals surface area contributed by atoms with Crippen molar-refractivity contribution >= 4 is 27.5 Å². The van der Waals surface area contributed by atoms with E-state index in [1.807, 2.05) is 56.3 Å². The molecule has 2 aromatic carbocycles. The quantitative estimate of drug-likeness (QED) is 0.849. The first-order valence-corrected chi connectivity index (χ1v) is 7.58. The normalized spacial score (nSPS) is 13.8. The summed E-state index contributed by atoms with van der Waals surface area (Å²) in [5.74, 6) is 0.829. The Morgan fingerprint density at radius 3 is 2.55 bits per heavy atom. The molecule has 4 heteroatoms. The molecule has 2 aromatic rings. The molecule has 0 aliphatic carbocycles. The van der Waals surface area contributed by atoms with E-state index in [0.29, 0.717) is 5.02 Å². The molecule has 0 saturated heterocycles. The molecule has 0 amide bonds. The number of nitrogens with two attached hydrogens (primary N) is 1. The van der Waals surface area contributed by atoms with E-state index >= 15 is 0 Å². The van der Waals surface area contributed by atoms with E-state index in [1.165, 1.54) is 0 Å². The summed E-state index contributed by atoms with van der Waals surface area (Å²) in [5, 5.41) is 0.685. The average Bonchev–Trinajstić information content (AvgIpc) is 2.37. The van der Waals surface area contributed by atoms with Crippen LogP contribution >= 0.6 is 27.5 Å². The van der Waals surface area contributed by atoms with Crippen molar-refractivity contribution in [1.82, 2.24) is 0 Å². The molecule has 0 saturated carbocycles. The number of halogens is 2. The van der Waals surface area contributed by atoms with Crippen molar-refractivity contribution in [2.45, 2.75) is 26.0 Å². The summed E-state index contributed by atoms with van der Waals surface area (Å²) in [6.45, 7) is 3.94. The van der Waals surface area contributed by atoms with Crippen molar-refractivity contribution in [2.24, 2.45) is 5.73 Å². The van der Waals surface area contributed by atoms with E-state index in [9.17, 15) is 0 Å². The number of aryl methyl sites for hydroxylation is 1. The van der Waals surface area contributed by atoms with Gasteiger partial charge in [-0.1, -0.05) is 39.7 Å². The molecule has 2 nitrogen and oxygen atoms in total. The lowest BCUT2D eigenvalue weighted by Gasteiger charge is -2.24. The fourth-order valence-corrected chi connectivity index (χ4v) is 2.72. The second-order valence-electron chi connectivity index (χ2n) is 4.86. The van der Waals surface area contributed by atoms with Gasteiger partial charge in [-0.05, 0) is 55.3 Å². The molecule has 0 spiro atoms. The van der Waals surface area contributed by atoms with Crippen molar-refractivity contribution in [3.63, 3.8) is 0 Å². The van der Waals surface area contributed by atoms with Gasteiger partial charge in [-0.2, -0.15) is 0 Å². The Balaban J connectivity index is 2.30. The Hall–Kier alpha value is -1.03. The molecule has 0 heterocycles. The summed E-state index contributed by atoms with van der Waals surface area (Å²) in [5.41, 5.74) is 8.11. The minimum Gasteiger partial charge on any atom is -0.484 e. The fourth-order valence-electron chi connectivity index (χ4n) is 2.04. The van der Waals surface area contributed by atoms with E-state index < -0.39 is 0 Å². The maximum Gasteiger partial charge on any atom is 0.139 e. The summed E-state index contributed by atoms with van der Waals surface area (Å²) < 4.78 is 7.13. The summed E-state index contributed by atoms with van der Waals surface area (Å²) in [7, 11) is 0. The minimum atomic E-state index is -0.228. The Kier molecular flexibility index (Phi) is 5.08. The maximum atomic E-state index is 6.10. The van der Waals surface area contributed by atoms with Gasteiger partial charge in [0.25, 0.3) is 0 Å². The lowest BCUT2D eigenvalue weighted by Crippen LogP contribution is -2.29. The van der Waals surface area contributed by atoms with Gasteiger partial charge in [0, 0.05) is 15.5 Å². The highest BCUT2D eigenvalue weighted by atomic mass is 79.9. The lowest BCUT2D eigenvalue weighted by atomic mass is 10.0. The predicted octanol–water partition coefficient (Wildman–Crippen LogP) is 4.88. The van der Waals surface area contributed by atoms with Gasteiger partial charge >= 0.3 is 0 Å². The largest absolute Gasteiger partial charge is 0.484 e. The van der Waals surface area contributed by atoms with Crippen molar-refractivity contribution < 1.29 is 4.74 Å². The molecule has 106 valence electrons. The van der Waals surface area contributed by atoms with Gasteiger partial charge in [-0.3, -0.25) is 0 Å². The Morgan fingerprint density at radius 1 is 1.20 bits per heavy atom. The highest BCUT2D eigenvalue weighted by Crippen LogP contribution is 2.29. The monoisotopic (exact) mass is 353 g/mol. The molecule has 2 atom stereocenters. The molecule has 2 rings (SSSR count). The molecular weight excluding hydrogens is 338 g/mol. The zero-order chi connectivity index (χ0) is 14.7. The van der Waals surface area contributed by atoms with E-state index in [-0.39, 0.29) is 12.1 Å². The third-order valence-corrected chi connectivity index (χ3v) is 3.77. The van der Waals surface area contributed by atoms with Crippen molar-refractivity contribution in [2.75, 3.05) is 0 Å². The number of ether oxygens (including phenoxy) is 1. The van der Waals surface area contributed by atoms with Crippen LogP contribution in [0.2, 0.25) is 5.02 Å². The van der Waals surface area contributed by atoms with Gasteiger partial charge < -0.3 is 10.5 Å². The summed E-state index contributed by atoms with van der Waals surface area (Å²) >= 11 is 9.49. The standard InChI is InChI=1S/C16H17BrClNO/c1-10-8-13(17)6-7-15(10)20-16(11(2)19)12-4-3-5-14(18)9-12/h3-9,11,16H,19H2,1-2H3. The number of hydrogen-bond acceptors (Lipinski definition) is 2. The third kappa shape index (κ3) is 3.75. The Morgan fingerprint density at radius 2 is 1.95 bits per heavy atom. The van der Waals surface area contributed by atoms with Gasteiger partial charge in [0.15, 0.2) is 0 Å². The Bertz CT molecular complexity index is 601. The van der Waals surface area contributed by atoms with Gasteiger partial charge in [-0.25, -0.2) is 0 Å². The molecule has 0 fully saturated rings. The second kappa shape index (κ2) is 6.61. The molecule has 0 radical (unpaired) electrons. The molecule has 0 bridgehead atoms. The van der Waals surface area contributed by atoms with Crippen molar-refractivity contribution in [3.05, 3.63) is 63.1 Å². The van der Waals surface area contributed by atoms with Crippen molar-refractivity contribution in [1.29, 1.82) is 0 Å². The fraction of sp³-hybridized carbons (Fsp3) is 0.250. The van der Waals surface area contributed by atoms with E-state index in [2.05, 4.69) is 15.9 Å². The molecule has 2 N–H and O–H groups in total. The highest BCUT2D eigenvalue weighted by molar-refractivity contribution is 9.10. The average molecular weight is 355 g/mol. The van der Waals surface area contributed by atoms with Crippen LogP contribution in [0, 0.1) is 6.92 Å². The molecule has 0 aliphatic heterocycles. The number of benzene rings is 2. The van der Waals surface area contributed by atoms with Gasteiger partial charge in [0.1, 0.15) is 11.9 Å². The Labute approximate surface area is 133 Å². The first kappa shape index (κ1) is 15.4. The van der Waals surface area contributed by atoms with Crippen LogP contribution in [0.3, 0.4) is 0 Å². The van der Waals surface area contributed by atoms with E-state index in [4.69, 9.17) is 22.1 Å². The smallest absolute Gasteiger partial charge is 0.139 e. The van der Waals surface area contributed by atoms with Crippen LogP contribution in [-0.2, 0) is 0 Å². The van der Waals surface area contributed by atoms with Crippen molar-refractivity contribution in [3.8, 4) is 5.75 Å². The molecule has 0 aromatic heterocycles. The van der Waals surface area contributed by atoms with Gasteiger partial charge in [0.05, 0.1) is 0 Å². The number of rotatable bonds is 4. The van der Waals surface area contributed by atoms with E-state index in [0.717, 1.165) is 21.3 Å². The molecule has 20 heavy (non-hydrogen) atoms. The summed E-state index contributed by atoms with van der Waals surface area (Å²) in [6.07, 6.45) is -0.228. The van der Waals surface area contributed by atoms with Crippen LogP contribution in [0.4, 0.5) is 0 Å². The molecule has 2 unspecified atom stereocenters. The van der Waals surface area contributed by atoms with Crippen LogP contribution in [0.5, 0.6) is 5.75 Å². The third-order valence-electron chi connectivity index (χ3n) is 3.05. The maximum absolute atomic E-state index is 6.10. The first-order chi connectivity index (χ1) is 9.47. The van der Waals surface area contributed by atoms with Crippen LogP contribution < -0.4 is 10.5 Å². The second-order valence-corrected chi connectivity index (χ2v) is 6.21. The van der Waals surface area contributed by atoms with Crippen LogP contribution in [0.15, 0.2) is 46.9 Å². The van der Waals surface area contributed by atoms with E-state index in [1.54, 1.807) is 0 Å². The topological polar surface area (TPSA) is 35.2 Å². The number of hydrogen-bond donors (Lipinski definition) is 1. The zero-order valence-electron chi connectivity index (χ0n) is 11.4. The van der Waals surface area contributed by atoms with Crippen LogP contribution in [0.1, 0.15) is 24.2 Å². The van der Waals surface area contributed by atoms with Crippen LogP contribution in [0.25, 0.3) is 0 Å². The SMILES string of the molecule is Cc1cc(Br)ccc1OC(c1cccc(Cl)c1)C(C)N. The first-order valence-electron chi connectivity index (χ1n) is 6.41.